The summed E-state index contributed by atoms with van der Waals surface area (Å²) in [4.78, 5) is 23.6. The Kier molecular flexibility index (Phi) is 3.34. The van der Waals surface area contributed by atoms with Crippen molar-refractivity contribution < 1.29 is 23.5 Å². The number of halogens is 3. The van der Waals surface area contributed by atoms with Crippen LogP contribution in [0, 0.1) is 11.3 Å². The van der Waals surface area contributed by atoms with Crippen LogP contribution in [0.15, 0.2) is 18.2 Å². The first-order chi connectivity index (χ1) is 8.81. The highest BCUT2D eigenvalue weighted by molar-refractivity contribution is 6.31. The summed E-state index contributed by atoms with van der Waals surface area (Å²) in [6.07, 6.45) is -3.16. The average molecular weight is 289 g/mol. The predicted molar refractivity (Wildman–Crippen MR) is 64.7 cm³/mol. The number of carboxylic acids is 1. The lowest BCUT2D eigenvalue weighted by molar-refractivity contribution is -0.158. The average Bonchev–Trinajstić information content (AvgIpc) is 2.30. The summed E-state index contributed by atoms with van der Waals surface area (Å²) >= 11 is 5.74. The molecule has 0 heterocycles. The predicted octanol–water partition coefficient (Wildman–Crippen LogP) is 3.05. The molecule has 0 bridgehead atoms. The van der Waals surface area contributed by atoms with Crippen LogP contribution in [0.2, 0.25) is 5.02 Å². The fourth-order valence-corrected chi connectivity index (χ4v) is 2.76. The third-order valence-electron chi connectivity index (χ3n) is 3.69. The summed E-state index contributed by atoms with van der Waals surface area (Å²) < 4.78 is 26.6. The molecule has 0 amide bonds. The quantitative estimate of drug-likeness (QED) is 0.851. The SMILES string of the molecule is CC1Cc2ccc(Cl)cc2C(=O)C1(C(=O)O)C(F)F. The minimum absolute atomic E-state index is 0.0201. The molecule has 0 aromatic heterocycles. The van der Waals surface area contributed by atoms with Gasteiger partial charge in [0.25, 0.3) is 6.43 Å². The minimum atomic E-state index is -3.26. The molecule has 0 spiro atoms. The number of ketones is 1. The van der Waals surface area contributed by atoms with Crippen LogP contribution >= 0.6 is 11.6 Å². The largest absolute Gasteiger partial charge is 0.480 e. The third-order valence-corrected chi connectivity index (χ3v) is 3.93. The van der Waals surface area contributed by atoms with Gasteiger partial charge < -0.3 is 5.11 Å². The van der Waals surface area contributed by atoms with E-state index in [0.717, 1.165) is 0 Å². The van der Waals surface area contributed by atoms with E-state index in [-0.39, 0.29) is 17.0 Å². The van der Waals surface area contributed by atoms with Crippen molar-refractivity contribution in [3.8, 4) is 0 Å². The van der Waals surface area contributed by atoms with Gasteiger partial charge in [-0.1, -0.05) is 24.6 Å². The summed E-state index contributed by atoms with van der Waals surface area (Å²) in [5.41, 5.74) is -2.15. The molecule has 0 saturated carbocycles. The van der Waals surface area contributed by atoms with Gasteiger partial charge in [-0.05, 0) is 30.0 Å². The molecule has 1 N–H and O–H groups in total. The van der Waals surface area contributed by atoms with Crippen molar-refractivity contribution in [2.75, 3.05) is 0 Å². The molecule has 1 aromatic rings. The van der Waals surface area contributed by atoms with Gasteiger partial charge in [-0.15, -0.1) is 0 Å². The molecule has 2 rings (SSSR count). The van der Waals surface area contributed by atoms with Crippen LogP contribution in [-0.2, 0) is 11.2 Å². The van der Waals surface area contributed by atoms with Crippen molar-refractivity contribution in [2.45, 2.75) is 19.8 Å². The smallest absolute Gasteiger partial charge is 0.323 e. The van der Waals surface area contributed by atoms with Gasteiger partial charge in [0.15, 0.2) is 11.2 Å². The number of carbonyl (C=O) groups is 2. The number of benzene rings is 1. The van der Waals surface area contributed by atoms with E-state index < -0.39 is 29.5 Å². The summed E-state index contributed by atoms with van der Waals surface area (Å²) in [5, 5.41) is 9.38. The Hall–Kier alpha value is -1.49. The van der Waals surface area contributed by atoms with E-state index in [1.165, 1.54) is 13.0 Å². The molecule has 0 radical (unpaired) electrons. The molecule has 2 atom stereocenters. The first-order valence-electron chi connectivity index (χ1n) is 5.66. The van der Waals surface area contributed by atoms with Gasteiger partial charge in [-0.3, -0.25) is 9.59 Å². The van der Waals surface area contributed by atoms with Crippen molar-refractivity contribution >= 4 is 23.4 Å². The van der Waals surface area contributed by atoms with E-state index in [0.29, 0.717) is 5.56 Å². The van der Waals surface area contributed by atoms with E-state index >= 15 is 0 Å². The zero-order valence-corrected chi connectivity index (χ0v) is 10.7. The number of Topliss-reactive ketones (excluding diaryl/α,β-unsaturated/α-hetero) is 1. The van der Waals surface area contributed by atoms with E-state index in [1.807, 2.05) is 0 Å². The van der Waals surface area contributed by atoms with Crippen molar-refractivity contribution in [3.63, 3.8) is 0 Å². The summed E-state index contributed by atoms with van der Waals surface area (Å²) in [6.45, 7) is 1.36. The van der Waals surface area contributed by atoms with Gasteiger partial charge in [0.2, 0.25) is 0 Å². The maximum atomic E-state index is 13.3. The number of fused-ring (bicyclic) bond motifs is 1. The molecular formula is C13H11ClF2O3. The van der Waals surface area contributed by atoms with Crippen LogP contribution in [0.25, 0.3) is 0 Å². The van der Waals surface area contributed by atoms with E-state index in [1.54, 1.807) is 12.1 Å². The lowest BCUT2D eigenvalue weighted by Gasteiger charge is -2.37. The Morgan fingerprint density at radius 1 is 1.53 bits per heavy atom. The zero-order chi connectivity index (χ0) is 14.4. The third kappa shape index (κ3) is 1.84. The van der Waals surface area contributed by atoms with Crippen molar-refractivity contribution in [1.29, 1.82) is 0 Å². The highest BCUT2D eigenvalue weighted by atomic mass is 35.5. The van der Waals surface area contributed by atoms with Crippen molar-refractivity contribution in [2.24, 2.45) is 11.3 Å². The van der Waals surface area contributed by atoms with E-state index in [4.69, 9.17) is 16.7 Å². The number of hydrogen-bond donors (Lipinski definition) is 1. The van der Waals surface area contributed by atoms with Crippen LogP contribution in [-0.4, -0.2) is 23.3 Å². The molecule has 6 heteroatoms. The molecule has 0 saturated heterocycles. The van der Waals surface area contributed by atoms with Gasteiger partial charge in [0.05, 0.1) is 0 Å². The van der Waals surface area contributed by atoms with Crippen LogP contribution in [0.5, 0.6) is 0 Å². The molecule has 0 aliphatic heterocycles. The standard InChI is InChI=1S/C13H11ClF2O3/c1-6-4-7-2-3-8(14)5-9(7)10(17)13(6,11(15)16)12(18)19/h2-3,5-6,11H,4H2,1H3,(H,18,19). The fourth-order valence-electron chi connectivity index (χ4n) is 2.59. The molecule has 0 fully saturated rings. The lowest BCUT2D eigenvalue weighted by atomic mass is 9.64. The highest BCUT2D eigenvalue weighted by Crippen LogP contribution is 2.45. The second-order valence-electron chi connectivity index (χ2n) is 4.71. The number of rotatable bonds is 2. The topological polar surface area (TPSA) is 54.4 Å². The number of hydrogen-bond acceptors (Lipinski definition) is 2. The van der Waals surface area contributed by atoms with E-state index in [2.05, 4.69) is 0 Å². The Bertz CT molecular complexity index is 559. The van der Waals surface area contributed by atoms with Crippen LogP contribution in [0.1, 0.15) is 22.8 Å². The lowest BCUT2D eigenvalue weighted by Crippen LogP contribution is -2.53. The van der Waals surface area contributed by atoms with Crippen molar-refractivity contribution in [3.05, 3.63) is 34.3 Å². The van der Waals surface area contributed by atoms with Gasteiger partial charge in [-0.25, -0.2) is 8.78 Å². The molecule has 2 unspecified atom stereocenters. The number of carboxylic acid groups (broad SMARTS) is 1. The Morgan fingerprint density at radius 3 is 2.68 bits per heavy atom. The van der Waals surface area contributed by atoms with Crippen LogP contribution in [0.4, 0.5) is 8.78 Å². The first kappa shape index (κ1) is 13.9. The second kappa shape index (κ2) is 4.56. The Balaban J connectivity index is 2.67. The maximum absolute atomic E-state index is 13.3. The second-order valence-corrected chi connectivity index (χ2v) is 5.15. The molecule has 1 aromatic carbocycles. The van der Waals surface area contributed by atoms with Gasteiger partial charge in [-0.2, -0.15) is 0 Å². The number of aliphatic carboxylic acids is 1. The summed E-state index contributed by atoms with van der Waals surface area (Å²) in [5.74, 6) is -3.83. The van der Waals surface area contributed by atoms with Crippen LogP contribution < -0.4 is 0 Å². The number of carbonyl (C=O) groups excluding carboxylic acids is 1. The van der Waals surface area contributed by atoms with Gasteiger partial charge in [0, 0.05) is 10.6 Å². The maximum Gasteiger partial charge on any atom is 0.323 e. The summed E-state index contributed by atoms with van der Waals surface area (Å²) in [7, 11) is 0. The molecule has 1 aliphatic carbocycles. The van der Waals surface area contributed by atoms with Gasteiger partial charge in [0.1, 0.15) is 0 Å². The molecule has 102 valence electrons. The highest BCUT2D eigenvalue weighted by Gasteiger charge is 2.60. The monoisotopic (exact) mass is 288 g/mol. The van der Waals surface area contributed by atoms with Crippen LogP contribution in [0.3, 0.4) is 0 Å². The molecule has 19 heavy (non-hydrogen) atoms. The fraction of sp³-hybridized carbons (Fsp3) is 0.385. The van der Waals surface area contributed by atoms with Crippen molar-refractivity contribution in [1.82, 2.24) is 0 Å². The summed E-state index contributed by atoms with van der Waals surface area (Å²) in [6, 6.07) is 4.38. The minimum Gasteiger partial charge on any atom is -0.480 e. The zero-order valence-electron chi connectivity index (χ0n) is 9.99. The van der Waals surface area contributed by atoms with Gasteiger partial charge >= 0.3 is 5.97 Å². The Morgan fingerprint density at radius 2 is 2.16 bits per heavy atom. The Labute approximate surface area is 113 Å². The molecule has 3 nitrogen and oxygen atoms in total. The molecule has 1 aliphatic rings. The first-order valence-corrected chi connectivity index (χ1v) is 6.04. The van der Waals surface area contributed by atoms with E-state index in [9.17, 15) is 18.4 Å². The molecular weight excluding hydrogens is 278 g/mol. The number of alkyl halides is 2. The normalized spacial score (nSPS) is 26.4.